The largest absolute Gasteiger partial charge is 0.364 e. The lowest BCUT2D eigenvalue weighted by molar-refractivity contribution is -0.128. The molecule has 9 heteroatoms. The SMILES string of the molecule is CNC(=O)N(C)C(=O)C(Cl)(Cl)CC1(c2cc(Cl)cc(Cl)c2)CO1. The van der Waals surface area contributed by atoms with Gasteiger partial charge < -0.3 is 10.1 Å². The van der Waals surface area contributed by atoms with Gasteiger partial charge in [0.05, 0.1) is 6.61 Å². The van der Waals surface area contributed by atoms with Gasteiger partial charge in [0.25, 0.3) is 5.91 Å². The van der Waals surface area contributed by atoms with E-state index in [2.05, 4.69) is 5.32 Å². The molecule has 126 valence electrons. The summed E-state index contributed by atoms with van der Waals surface area (Å²) in [6, 6.07) is 4.33. The van der Waals surface area contributed by atoms with E-state index < -0.39 is 21.9 Å². The average molecular weight is 400 g/mol. The number of halogens is 4. The van der Waals surface area contributed by atoms with Crippen molar-refractivity contribution in [3.8, 4) is 0 Å². The highest BCUT2D eigenvalue weighted by Gasteiger charge is 2.55. The van der Waals surface area contributed by atoms with E-state index in [4.69, 9.17) is 51.1 Å². The number of urea groups is 1. The summed E-state index contributed by atoms with van der Waals surface area (Å²) < 4.78 is 3.65. The van der Waals surface area contributed by atoms with Crippen LogP contribution in [-0.2, 0) is 15.1 Å². The molecule has 0 spiro atoms. The van der Waals surface area contributed by atoms with Crippen molar-refractivity contribution in [3.63, 3.8) is 0 Å². The standard InChI is InChI=1S/C14H14Cl4N2O3/c1-19-12(22)20(2)11(21)14(17,18)6-13(7-23-13)8-3-9(15)5-10(16)4-8/h3-5H,6-7H2,1-2H3,(H,19,22). The second kappa shape index (κ2) is 6.65. The second-order valence-electron chi connectivity index (χ2n) is 5.24. The van der Waals surface area contributed by atoms with Crippen LogP contribution < -0.4 is 5.32 Å². The van der Waals surface area contributed by atoms with Gasteiger partial charge in [0.2, 0.25) is 0 Å². The van der Waals surface area contributed by atoms with E-state index in [1.54, 1.807) is 18.2 Å². The molecule has 2 rings (SSSR count). The van der Waals surface area contributed by atoms with Crippen molar-refractivity contribution in [3.05, 3.63) is 33.8 Å². The minimum atomic E-state index is -1.84. The molecule has 1 aliphatic rings. The molecule has 0 saturated carbocycles. The normalized spacial score (nSPS) is 20.1. The van der Waals surface area contributed by atoms with Crippen molar-refractivity contribution in [2.75, 3.05) is 20.7 Å². The van der Waals surface area contributed by atoms with Crippen LogP contribution in [-0.4, -0.2) is 41.9 Å². The zero-order valence-electron chi connectivity index (χ0n) is 12.3. The summed E-state index contributed by atoms with van der Waals surface area (Å²) in [5.41, 5.74) is -0.173. The Hall–Kier alpha value is -0.720. The third-order valence-corrected chi connectivity index (χ3v) is 4.55. The Bertz CT molecular complexity index is 627. The van der Waals surface area contributed by atoms with Crippen LogP contribution in [0.1, 0.15) is 12.0 Å². The smallest absolute Gasteiger partial charge is 0.323 e. The van der Waals surface area contributed by atoms with Crippen LogP contribution in [0.4, 0.5) is 4.79 Å². The van der Waals surface area contributed by atoms with E-state index in [0.717, 1.165) is 4.90 Å². The number of hydrogen-bond acceptors (Lipinski definition) is 3. The molecule has 1 aromatic rings. The molecular formula is C14H14Cl4N2O3. The molecule has 0 radical (unpaired) electrons. The summed E-state index contributed by atoms with van der Waals surface area (Å²) in [5.74, 6) is -0.747. The van der Waals surface area contributed by atoms with Crippen molar-refractivity contribution >= 4 is 58.3 Å². The van der Waals surface area contributed by atoms with E-state index in [-0.39, 0.29) is 6.42 Å². The fourth-order valence-electron chi connectivity index (χ4n) is 2.21. The van der Waals surface area contributed by atoms with Crippen molar-refractivity contribution in [1.82, 2.24) is 10.2 Å². The highest BCUT2D eigenvalue weighted by Crippen LogP contribution is 2.49. The van der Waals surface area contributed by atoms with Gasteiger partial charge in [-0.05, 0) is 23.8 Å². The number of benzene rings is 1. The fourth-order valence-corrected chi connectivity index (χ4v) is 3.43. The minimum absolute atomic E-state index is 0.0417. The molecular weight excluding hydrogens is 386 g/mol. The Balaban J connectivity index is 2.22. The van der Waals surface area contributed by atoms with Crippen molar-refractivity contribution in [2.24, 2.45) is 0 Å². The number of alkyl halides is 2. The molecule has 1 fully saturated rings. The quantitative estimate of drug-likeness (QED) is 0.621. The molecule has 1 atom stereocenters. The van der Waals surface area contributed by atoms with Gasteiger partial charge in [0.15, 0.2) is 4.33 Å². The third kappa shape index (κ3) is 4.03. The lowest BCUT2D eigenvalue weighted by atomic mass is 9.94. The highest BCUT2D eigenvalue weighted by atomic mass is 35.5. The molecule has 1 heterocycles. The molecule has 1 aromatic carbocycles. The summed E-state index contributed by atoms with van der Waals surface area (Å²) in [5, 5.41) is 3.20. The van der Waals surface area contributed by atoms with Gasteiger partial charge >= 0.3 is 6.03 Å². The van der Waals surface area contributed by atoms with Crippen LogP contribution in [0.15, 0.2) is 18.2 Å². The van der Waals surface area contributed by atoms with Crippen LogP contribution in [0, 0.1) is 0 Å². The lowest BCUT2D eigenvalue weighted by Crippen LogP contribution is -2.47. The topological polar surface area (TPSA) is 61.9 Å². The van der Waals surface area contributed by atoms with Gasteiger partial charge in [-0.15, -0.1) is 0 Å². The first kappa shape index (κ1) is 18.6. The van der Waals surface area contributed by atoms with E-state index in [0.29, 0.717) is 22.2 Å². The molecule has 1 saturated heterocycles. The van der Waals surface area contributed by atoms with E-state index in [1.807, 2.05) is 0 Å². The summed E-state index contributed by atoms with van der Waals surface area (Å²) in [4.78, 5) is 24.7. The Labute approximate surface area is 153 Å². The van der Waals surface area contributed by atoms with Gasteiger partial charge in [-0.25, -0.2) is 4.79 Å². The van der Waals surface area contributed by atoms with E-state index >= 15 is 0 Å². The fraction of sp³-hybridized carbons (Fsp3) is 0.429. The zero-order valence-corrected chi connectivity index (χ0v) is 15.4. The molecule has 5 nitrogen and oxygen atoms in total. The number of hydrogen-bond donors (Lipinski definition) is 1. The Kier molecular flexibility index (Phi) is 5.38. The maximum atomic E-state index is 12.3. The first-order valence-electron chi connectivity index (χ1n) is 6.59. The average Bonchev–Trinajstić information content (AvgIpc) is 3.24. The summed E-state index contributed by atoms with van der Waals surface area (Å²) in [7, 11) is 2.69. The van der Waals surface area contributed by atoms with Crippen LogP contribution in [0.5, 0.6) is 0 Å². The van der Waals surface area contributed by atoms with Crippen LogP contribution in [0.2, 0.25) is 10.0 Å². The molecule has 1 unspecified atom stereocenters. The Morgan fingerprint density at radius 3 is 2.26 bits per heavy atom. The Morgan fingerprint density at radius 1 is 1.30 bits per heavy atom. The molecule has 3 amide bonds. The first-order chi connectivity index (χ1) is 10.6. The molecule has 0 bridgehead atoms. The van der Waals surface area contributed by atoms with Gasteiger partial charge in [-0.2, -0.15) is 0 Å². The summed E-state index contributed by atoms with van der Waals surface area (Å²) in [6.45, 7) is 0.321. The Morgan fingerprint density at radius 2 is 1.83 bits per heavy atom. The van der Waals surface area contributed by atoms with E-state index in [1.165, 1.54) is 14.1 Å². The highest BCUT2D eigenvalue weighted by molar-refractivity contribution is 6.58. The molecule has 0 aromatic heterocycles. The summed E-state index contributed by atoms with van der Waals surface area (Å²) >= 11 is 24.4. The minimum Gasteiger partial charge on any atom is -0.364 e. The van der Waals surface area contributed by atoms with Crippen LogP contribution in [0.25, 0.3) is 0 Å². The number of carbonyl (C=O) groups is 2. The molecule has 23 heavy (non-hydrogen) atoms. The number of amides is 3. The number of ether oxygens (including phenoxy) is 1. The van der Waals surface area contributed by atoms with Crippen molar-refractivity contribution < 1.29 is 14.3 Å². The number of rotatable bonds is 4. The number of epoxide rings is 1. The van der Waals surface area contributed by atoms with Gasteiger partial charge in [0.1, 0.15) is 5.60 Å². The number of carbonyl (C=O) groups excluding carboxylic acids is 2. The van der Waals surface area contributed by atoms with Crippen LogP contribution in [0.3, 0.4) is 0 Å². The number of imide groups is 1. The predicted molar refractivity (Wildman–Crippen MR) is 90.4 cm³/mol. The lowest BCUT2D eigenvalue weighted by Gasteiger charge is -2.26. The van der Waals surface area contributed by atoms with E-state index in [9.17, 15) is 9.59 Å². The number of nitrogens with one attached hydrogen (secondary N) is 1. The predicted octanol–water partition coefficient (Wildman–Crippen LogP) is 3.58. The maximum Gasteiger partial charge on any atom is 0.323 e. The monoisotopic (exact) mass is 398 g/mol. The second-order valence-corrected chi connectivity index (χ2v) is 7.60. The first-order valence-corrected chi connectivity index (χ1v) is 8.11. The molecule has 1 N–H and O–H groups in total. The number of nitrogens with zero attached hydrogens (tertiary/aromatic N) is 1. The molecule has 1 aliphatic heterocycles. The third-order valence-electron chi connectivity index (χ3n) is 3.53. The van der Waals surface area contributed by atoms with Crippen molar-refractivity contribution in [2.45, 2.75) is 16.4 Å². The van der Waals surface area contributed by atoms with Crippen LogP contribution >= 0.6 is 46.4 Å². The van der Waals surface area contributed by atoms with Gasteiger partial charge in [-0.3, -0.25) is 9.69 Å². The van der Waals surface area contributed by atoms with Gasteiger partial charge in [-0.1, -0.05) is 46.4 Å². The summed E-state index contributed by atoms with van der Waals surface area (Å²) in [6.07, 6.45) is -0.0417. The van der Waals surface area contributed by atoms with Crippen molar-refractivity contribution in [1.29, 1.82) is 0 Å². The van der Waals surface area contributed by atoms with Gasteiger partial charge in [0, 0.05) is 30.6 Å². The zero-order chi connectivity index (χ0) is 17.4. The maximum absolute atomic E-state index is 12.3. The molecule has 0 aliphatic carbocycles.